The fraction of sp³-hybridized carbons (Fsp3) is 0.533. The maximum Gasteiger partial charge on any atom is 0.191 e. The lowest BCUT2D eigenvalue weighted by molar-refractivity contribution is 0.451. The second kappa shape index (κ2) is 6.93. The summed E-state index contributed by atoms with van der Waals surface area (Å²) in [6.07, 6.45) is 0. The molecule has 1 aromatic rings. The van der Waals surface area contributed by atoms with Crippen molar-refractivity contribution in [3.63, 3.8) is 0 Å². The molecule has 0 heterocycles. The molecule has 112 valence electrons. The Kier molecular flexibility index (Phi) is 5.81. The minimum Gasteiger partial charge on any atom is -0.370 e. The van der Waals surface area contributed by atoms with E-state index < -0.39 is 0 Å². The number of guanidine groups is 1. The Morgan fingerprint density at radius 3 is 2.45 bits per heavy atom. The largest absolute Gasteiger partial charge is 0.370 e. The first kappa shape index (κ1) is 16.8. The van der Waals surface area contributed by atoms with E-state index in [0.29, 0.717) is 17.5 Å². The molecule has 0 bridgehead atoms. The fourth-order valence-electron chi connectivity index (χ4n) is 2.05. The van der Waals surface area contributed by atoms with Crippen molar-refractivity contribution in [2.75, 3.05) is 19.6 Å². The molecule has 0 aliphatic rings. The van der Waals surface area contributed by atoms with E-state index in [1.807, 2.05) is 32.6 Å². The molecule has 0 radical (unpaired) electrons. The van der Waals surface area contributed by atoms with Gasteiger partial charge in [-0.3, -0.25) is 4.99 Å². The number of rotatable bonds is 5. The zero-order valence-electron chi connectivity index (χ0n) is 12.6. The van der Waals surface area contributed by atoms with Crippen molar-refractivity contribution in [3.8, 4) is 0 Å². The Morgan fingerprint density at radius 2 is 1.95 bits per heavy atom. The van der Waals surface area contributed by atoms with E-state index in [2.05, 4.69) is 4.99 Å². The standard InChI is InChI=1S/C15H23ClFN3/c1-5-20(6-2)14(18)19-10-15(3,4)12-8-7-11(17)9-13(12)16/h7-9H,5-6,10H2,1-4H3,(H2,18,19). The van der Waals surface area contributed by atoms with Gasteiger partial charge in [0.05, 0.1) is 6.54 Å². The summed E-state index contributed by atoms with van der Waals surface area (Å²) in [6, 6.07) is 4.46. The minimum absolute atomic E-state index is 0.303. The smallest absolute Gasteiger partial charge is 0.191 e. The molecule has 3 nitrogen and oxygen atoms in total. The van der Waals surface area contributed by atoms with Crippen molar-refractivity contribution in [2.45, 2.75) is 33.1 Å². The number of nitrogens with two attached hydrogens (primary N) is 1. The van der Waals surface area contributed by atoms with Crippen LogP contribution in [-0.4, -0.2) is 30.5 Å². The van der Waals surface area contributed by atoms with Gasteiger partial charge in [0.15, 0.2) is 5.96 Å². The van der Waals surface area contributed by atoms with Crippen molar-refractivity contribution < 1.29 is 4.39 Å². The van der Waals surface area contributed by atoms with Gasteiger partial charge in [-0.2, -0.15) is 0 Å². The molecule has 0 atom stereocenters. The van der Waals surface area contributed by atoms with Gasteiger partial charge in [-0.05, 0) is 31.5 Å². The van der Waals surface area contributed by atoms with Crippen molar-refractivity contribution in [2.24, 2.45) is 10.7 Å². The van der Waals surface area contributed by atoms with Crippen LogP contribution in [0.3, 0.4) is 0 Å². The third kappa shape index (κ3) is 4.10. The molecular formula is C15H23ClFN3. The van der Waals surface area contributed by atoms with Crippen LogP contribution in [0, 0.1) is 5.82 Å². The number of benzene rings is 1. The third-order valence-corrected chi connectivity index (χ3v) is 3.70. The van der Waals surface area contributed by atoms with Crippen LogP contribution in [0.2, 0.25) is 5.02 Å². The van der Waals surface area contributed by atoms with Crippen LogP contribution in [0.4, 0.5) is 4.39 Å². The molecule has 2 N–H and O–H groups in total. The predicted octanol–water partition coefficient (Wildman–Crippen LogP) is 3.41. The van der Waals surface area contributed by atoms with E-state index in [9.17, 15) is 4.39 Å². The third-order valence-electron chi connectivity index (χ3n) is 3.38. The van der Waals surface area contributed by atoms with Crippen LogP contribution in [0.15, 0.2) is 23.2 Å². The maximum absolute atomic E-state index is 13.1. The summed E-state index contributed by atoms with van der Waals surface area (Å²) in [7, 11) is 0. The van der Waals surface area contributed by atoms with Gasteiger partial charge in [-0.1, -0.05) is 31.5 Å². The Balaban J connectivity index is 2.92. The molecule has 0 amide bonds. The highest BCUT2D eigenvalue weighted by molar-refractivity contribution is 6.31. The van der Waals surface area contributed by atoms with Gasteiger partial charge in [-0.25, -0.2) is 4.39 Å². The topological polar surface area (TPSA) is 41.6 Å². The van der Waals surface area contributed by atoms with Crippen LogP contribution in [-0.2, 0) is 5.41 Å². The molecule has 1 aromatic carbocycles. The lowest BCUT2D eigenvalue weighted by Gasteiger charge is -2.26. The van der Waals surface area contributed by atoms with E-state index in [1.165, 1.54) is 12.1 Å². The Bertz CT molecular complexity index is 482. The van der Waals surface area contributed by atoms with Crippen molar-refractivity contribution in [1.29, 1.82) is 0 Å². The van der Waals surface area contributed by atoms with Crippen molar-refractivity contribution in [3.05, 3.63) is 34.6 Å². The zero-order valence-corrected chi connectivity index (χ0v) is 13.3. The summed E-state index contributed by atoms with van der Waals surface area (Å²) in [5, 5.41) is 0.423. The van der Waals surface area contributed by atoms with Crippen LogP contribution in [0.1, 0.15) is 33.3 Å². The molecule has 0 fully saturated rings. The van der Waals surface area contributed by atoms with Crippen LogP contribution in [0.5, 0.6) is 0 Å². The monoisotopic (exact) mass is 299 g/mol. The number of hydrogen-bond donors (Lipinski definition) is 1. The first-order valence-corrected chi connectivity index (χ1v) is 7.20. The van der Waals surface area contributed by atoms with E-state index >= 15 is 0 Å². The lowest BCUT2D eigenvalue weighted by Crippen LogP contribution is -2.38. The van der Waals surface area contributed by atoms with Gasteiger partial charge in [-0.15, -0.1) is 0 Å². The first-order chi connectivity index (χ1) is 9.31. The molecule has 20 heavy (non-hydrogen) atoms. The molecule has 0 aromatic heterocycles. The van der Waals surface area contributed by atoms with Gasteiger partial charge < -0.3 is 10.6 Å². The number of aliphatic imine (C=N–C) groups is 1. The van der Waals surface area contributed by atoms with Crippen molar-refractivity contribution in [1.82, 2.24) is 4.90 Å². The van der Waals surface area contributed by atoms with Crippen LogP contribution < -0.4 is 5.73 Å². The van der Waals surface area contributed by atoms with Gasteiger partial charge >= 0.3 is 0 Å². The quantitative estimate of drug-likeness (QED) is 0.669. The second-order valence-corrected chi connectivity index (χ2v) is 5.76. The van der Waals surface area contributed by atoms with Gasteiger partial charge in [0.2, 0.25) is 0 Å². The van der Waals surface area contributed by atoms with Gasteiger partial charge in [0.25, 0.3) is 0 Å². The molecule has 0 aliphatic heterocycles. The predicted molar refractivity (Wildman–Crippen MR) is 83.8 cm³/mol. The Labute approximate surface area is 125 Å². The Hall–Kier alpha value is -1.29. The highest BCUT2D eigenvalue weighted by atomic mass is 35.5. The lowest BCUT2D eigenvalue weighted by atomic mass is 9.84. The zero-order chi connectivity index (χ0) is 15.3. The summed E-state index contributed by atoms with van der Waals surface area (Å²) in [6.45, 7) is 10.3. The fourth-order valence-corrected chi connectivity index (χ4v) is 2.47. The highest BCUT2D eigenvalue weighted by Gasteiger charge is 2.23. The average Bonchev–Trinajstić information content (AvgIpc) is 2.37. The van der Waals surface area contributed by atoms with E-state index in [4.69, 9.17) is 17.3 Å². The van der Waals surface area contributed by atoms with Crippen LogP contribution in [0.25, 0.3) is 0 Å². The number of nitrogens with zero attached hydrogens (tertiary/aromatic N) is 2. The Morgan fingerprint density at radius 1 is 1.35 bits per heavy atom. The molecule has 0 spiro atoms. The van der Waals surface area contributed by atoms with E-state index in [1.54, 1.807) is 6.07 Å². The molecule has 0 saturated carbocycles. The summed E-state index contributed by atoms with van der Waals surface area (Å²) in [5.74, 6) is 0.196. The first-order valence-electron chi connectivity index (χ1n) is 6.82. The van der Waals surface area contributed by atoms with E-state index in [0.717, 1.165) is 18.7 Å². The van der Waals surface area contributed by atoms with Crippen molar-refractivity contribution >= 4 is 17.6 Å². The van der Waals surface area contributed by atoms with E-state index in [-0.39, 0.29) is 11.2 Å². The molecular weight excluding hydrogens is 277 g/mol. The molecule has 0 aliphatic carbocycles. The normalized spacial score (nSPS) is 12.6. The number of halogens is 2. The summed E-state index contributed by atoms with van der Waals surface area (Å²) in [4.78, 5) is 6.43. The van der Waals surface area contributed by atoms with Crippen LogP contribution >= 0.6 is 11.6 Å². The second-order valence-electron chi connectivity index (χ2n) is 5.35. The highest BCUT2D eigenvalue weighted by Crippen LogP contribution is 2.30. The molecule has 0 saturated heterocycles. The summed E-state index contributed by atoms with van der Waals surface area (Å²) in [5.41, 5.74) is 6.54. The summed E-state index contributed by atoms with van der Waals surface area (Å²) >= 11 is 6.12. The SMILES string of the molecule is CCN(CC)C(N)=NCC(C)(C)c1ccc(F)cc1Cl. The van der Waals surface area contributed by atoms with Gasteiger partial charge in [0, 0.05) is 23.5 Å². The maximum atomic E-state index is 13.1. The molecule has 5 heteroatoms. The number of hydrogen-bond acceptors (Lipinski definition) is 1. The molecule has 1 rings (SSSR count). The minimum atomic E-state index is -0.333. The molecule has 0 unspecified atom stereocenters. The average molecular weight is 300 g/mol. The summed E-state index contributed by atoms with van der Waals surface area (Å²) < 4.78 is 13.1. The van der Waals surface area contributed by atoms with Gasteiger partial charge in [0.1, 0.15) is 5.82 Å².